The highest BCUT2D eigenvalue weighted by Crippen LogP contribution is 2.47. The number of hydrogen-bond donors (Lipinski definition) is 2. The molecule has 4 rings (SSSR count). The summed E-state index contributed by atoms with van der Waals surface area (Å²) in [5.74, 6) is 1.53. The number of benzene rings is 4. The predicted molar refractivity (Wildman–Crippen MR) is 199 cm³/mol. The molecule has 0 aliphatic heterocycles. The van der Waals surface area contributed by atoms with Crippen molar-refractivity contribution < 1.29 is 19.7 Å². The number of aliphatic hydroxyl groups is 1. The molecule has 4 aromatic rings. The summed E-state index contributed by atoms with van der Waals surface area (Å²) in [7, 11) is 3.27. The minimum Gasteiger partial charge on any atom is -0.507 e. The van der Waals surface area contributed by atoms with Crippen molar-refractivity contribution >= 4 is 6.21 Å². The number of methoxy groups -OCH3 is 2. The normalized spacial score (nSPS) is 13.8. The van der Waals surface area contributed by atoms with Gasteiger partial charge in [0.05, 0.1) is 20.3 Å². The number of ether oxygens (including phenoxy) is 2. The Balaban J connectivity index is 2.13. The molecule has 2 N–H and O–H groups in total. The van der Waals surface area contributed by atoms with Gasteiger partial charge in [-0.3, -0.25) is 4.99 Å². The molecule has 0 aliphatic rings. The van der Waals surface area contributed by atoms with Crippen LogP contribution < -0.4 is 9.47 Å². The molecular formula is C43H55NO4. The van der Waals surface area contributed by atoms with Crippen LogP contribution in [-0.2, 0) is 22.9 Å². The van der Waals surface area contributed by atoms with Crippen LogP contribution in [0.15, 0.2) is 83.9 Å². The van der Waals surface area contributed by atoms with Gasteiger partial charge in [0.2, 0.25) is 0 Å². The fraction of sp³-hybridized carbons (Fsp3) is 0.419. The molecule has 0 aliphatic carbocycles. The first-order valence-corrected chi connectivity index (χ1v) is 17.1. The lowest BCUT2D eigenvalue weighted by Crippen LogP contribution is -2.42. The van der Waals surface area contributed by atoms with E-state index in [0.717, 1.165) is 34.2 Å². The third-order valence-electron chi connectivity index (χ3n) is 9.70. The van der Waals surface area contributed by atoms with Crippen molar-refractivity contribution in [2.75, 3.05) is 14.2 Å². The summed E-state index contributed by atoms with van der Waals surface area (Å²) in [6, 6.07) is 25.5. The minimum absolute atomic E-state index is 0.184. The lowest BCUT2D eigenvalue weighted by molar-refractivity contribution is 0.0475. The van der Waals surface area contributed by atoms with Gasteiger partial charge in [-0.25, -0.2) is 0 Å². The summed E-state index contributed by atoms with van der Waals surface area (Å²) in [6.45, 7) is 19.2. The van der Waals surface area contributed by atoms with Gasteiger partial charge in [0.25, 0.3) is 0 Å². The van der Waals surface area contributed by atoms with Crippen molar-refractivity contribution in [3.63, 3.8) is 0 Å². The zero-order valence-electron chi connectivity index (χ0n) is 30.8. The van der Waals surface area contributed by atoms with Crippen LogP contribution in [0, 0.1) is 6.92 Å². The summed E-state index contributed by atoms with van der Waals surface area (Å²) in [4.78, 5) is 5.25. The first-order valence-electron chi connectivity index (χ1n) is 17.1. The molecule has 0 fully saturated rings. The smallest absolute Gasteiger partial charge is 0.144 e. The Morgan fingerprint density at radius 1 is 0.771 bits per heavy atom. The molecule has 5 heteroatoms. The fourth-order valence-electron chi connectivity index (χ4n) is 6.27. The van der Waals surface area contributed by atoms with Gasteiger partial charge in [0.15, 0.2) is 0 Å². The lowest BCUT2D eigenvalue weighted by Gasteiger charge is -2.38. The number of phenols is 1. The van der Waals surface area contributed by atoms with Crippen LogP contribution in [0.25, 0.3) is 0 Å². The maximum absolute atomic E-state index is 13.7. The van der Waals surface area contributed by atoms with Gasteiger partial charge in [-0.2, -0.15) is 0 Å². The average Bonchev–Trinajstić information content (AvgIpc) is 3.06. The molecular weight excluding hydrogens is 594 g/mol. The number of hydrogen-bond acceptors (Lipinski definition) is 5. The first-order chi connectivity index (χ1) is 22.6. The van der Waals surface area contributed by atoms with E-state index in [-0.39, 0.29) is 22.5 Å². The van der Waals surface area contributed by atoms with Crippen LogP contribution >= 0.6 is 0 Å². The molecule has 2 unspecified atom stereocenters. The molecule has 0 bridgehead atoms. The predicted octanol–water partition coefficient (Wildman–Crippen LogP) is 9.79. The number of rotatable bonds is 11. The Labute approximate surface area is 288 Å². The van der Waals surface area contributed by atoms with E-state index < -0.39 is 11.6 Å². The number of aliphatic imine (C=N–C) groups is 1. The van der Waals surface area contributed by atoms with Crippen LogP contribution in [0.2, 0.25) is 0 Å². The Hall–Kier alpha value is -4.09. The Bertz CT molecular complexity index is 1660. The number of nitrogens with zero attached hydrogens (tertiary/aromatic N) is 1. The quantitative estimate of drug-likeness (QED) is 0.159. The van der Waals surface area contributed by atoms with E-state index in [9.17, 15) is 10.2 Å². The van der Waals surface area contributed by atoms with Crippen LogP contribution in [-0.4, -0.2) is 36.7 Å². The molecule has 0 amide bonds. The maximum atomic E-state index is 13.7. The molecule has 0 saturated heterocycles. The number of phenolic OH excluding ortho intramolecular Hbond substituents is 1. The third-order valence-corrected chi connectivity index (χ3v) is 9.70. The van der Waals surface area contributed by atoms with E-state index in [4.69, 9.17) is 14.5 Å². The molecule has 0 heterocycles. The van der Waals surface area contributed by atoms with Crippen molar-refractivity contribution in [1.82, 2.24) is 0 Å². The monoisotopic (exact) mass is 649 g/mol. The molecule has 0 radical (unpaired) electrons. The SMILES string of the molecule is CCC(C)c1ccc(C)c(C=NC(Cc2ccccc2)C(O)(c2cc(C(C)(C)C)ccc2OC)c2cc(C(C)(C)C)ccc2OC)c1O. The highest BCUT2D eigenvalue weighted by atomic mass is 16.5. The van der Waals surface area contributed by atoms with E-state index in [1.165, 1.54) is 0 Å². The topological polar surface area (TPSA) is 71.3 Å². The van der Waals surface area contributed by atoms with Gasteiger partial charge in [0, 0.05) is 22.9 Å². The van der Waals surface area contributed by atoms with E-state index in [1.807, 2.05) is 49.4 Å². The summed E-state index contributed by atoms with van der Waals surface area (Å²) < 4.78 is 12.0. The third kappa shape index (κ3) is 7.63. The van der Waals surface area contributed by atoms with Crippen LogP contribution in [0.3, 0.4) is 0 Å². The van der Waals surface area contributed by atoms with Crippen molar-refractivity contribution in [1.29, 1.82) is 0 Å². The van der Waals surface area contributed by atoms with Gasteiger partial charge in [-0.05, 0) is 88.6 Å². The largest absolute Gasteiger partial charge is 0.507 e. The van der Waals surface area contributed by atoms with Gasteiger partial charge in [-0.1, -0.05) is 110 Å². The number of aryl methyl sites for hydroxylation is 1. The number of aromatic hydroxyl groups is 1. The van der Waals surface area contributed by atoms with Crippen LogP contribution in [0.1, 0.15) is 112 Å². The van der Waals surface area contributed by atoms with Crippen molar-refractivity contribution in [3.05, 3.63) is 123 Å². The van der Waals surface area contributed by atoms with Crippen LogP contribution in [0.5, 0.6) is 17.2 Å². The molecule has 256 valence electrons. The van der Waals surface area contributed by atoms with Crippen molar-refractivity contribution in [2.24, 2.45) is 4.99 Å². The molecule has 5 nitrogen and oxygen atoms in total. The maximum Gasteiger partial charge on any atom is 0.144 e. The summed E-state index contributed by atoms with van der Waals surface area (Å²) >= 11 is 0. The molecule has 0 spiro atoms. The standard InChI is InChI=1S/C43H55NO4/c1-12-28(2)33-21-18-29(3)34(40(33)45)27-44-39(24-30-16-14-13-15-17-30)43(46,35-25-31(41(4,5)6)19-22-37(35)47-10)36-26-32(42(7,8)9)20-23-38(36)48-11/h13-23,25-28,39,45-46H,12,24H2,1-11H3. The molecule has 4 aromatic carbocycles. The second kappa shape index (κ2) is 14.6. The fourth-order valence-corrected chi connectivity index (χ4v) is 6.27. The van der Waals surface area contributed by atoms with E-state index >= 15 is 0 Å². The Morgan fingerprint density at radius 2 is 1.29 bits per heavy atom. The van der Waals surface area contributed by atoms with Crippen molar-refractivity contribution in [3.8, 4) is 17.2 Å². The first kappa shape index (κ1) is 36.7. The Morgan fingerprint density at radius 3 is 1.75 bits per heavy atom. The second-order valence-corrected chi connectivity index (χ2v) is 15.1. The summed E-state index contributed by atoms with van der Waals surface area (Å²) in [6.07, 6.45) is 3.05. The van der Waals surface area contributed by atoms with Gasteiger partial charge in [0.1, 0.15) is 22.8 Å². The van der Waals surface area contributed by atoms with Crippen molar-refractivity contribution in [2.45, 2.75) is 104 Å². The lowest BCUT2D eigenvalue weighted by atomic mass is 9.73. The summed E-state index contributed by atoms with van der Waals surface area (Å²) in [5.41, 5.74) is 4.67. The van der Waals surface area contributed by atoms with E-state index in [1.54, 1.807) is 20.4 Å². The molecule has 48 heavy (non-hydrogen) atoms. The van der Waals surface area contributed by atoms with Gasteiger partial charge in [-0.15, -0.1) is 0 Å². The highest BCUT2D eigenvalue weighted by Gasteiger charge is 2.45. The Kier molecular flexibility index (Phi) is 11.2. The molecule has 0 saturated carbocycles. The molecule has 0 aromatic heterocycles. The van der Waals surface area contributed by atoms with Gasteiger partial charge >= 0.3 is 0 Å². The van der Waals surface area contributed by atoms with Crippen LogP contribution in [0.4, 0.5) is 0 Å². The van der Waals surface area contributed by atoms with E-state index in [0.29, 0.717) is 34.6 Å². The summed E-state index contributed by atoms with van der Waals surface area (Å²) in [5, 5.41) is 25.3. The minimum atomic E-state index is -1.72. The zero-order chi connectivity index (χ0) is 35.4. The van der Waals surface area contributed by atoms with E-state index in [2.05, 4.69) is 91.8 Å². The average molecular weight is 650 g/mol. The zero-order valence-corrected chi connectivity index (χ0v) is 30.8. The highest BCUT2D eigenvalue weighted by molar-refractivity contribution is 5.86. The van der Waals surface area contributed by atoms with Gasteiger partial charge < -0.3 is 19.7 Å². The second-order valence-electron chi connectivity index (χ2n) is 15.1. The molecule has 2 atom stereocenters.